The molecule has 2 aliphatic rings. The van der Waals surface area contributed by atoms with Crippen LogP contribution in [0.1, 0.15) is 52.4 Å². The quantitative estimate of drug-likeness (QED) is 0.772. The number of nitrogens with one attached hydrogen (secondary N) is 1. The fourth-order valence-corrected chi connectivity index (χ4v) is 3.31. The fraction of sp³-hybridized carbons (Fsp3) is 1.00. The molecule has 94 valence electrons. The standard InChI is InChI=1S/C14H28N2/c1-12(2)10-16(14-7-3-4-8-14)11-13-6-5-9-15-13/h12-15H,3-11H2,1-2H3. The van der Waals surface area contributed by atoms with Crippen molar-refractivity contribution in [2.45, 2.75) is 64.5 Å². The fourth-order valence-electron chi connectivity index (χ4n) is 3.31. The van der Waals surface area contributed by atoms with Gasteiger partial charge < -0.3 is 5.32 Å². The first kappa shape index (κ1) is 12.4. The van der Waals surface area contributed by atoms with Crippen molar-refractivity contribution in [1.29, 1.82) is 0 Å². The maximum Gasteiger partial charge on any atom is 0.0195 e. The van der Waals surface area contributed by atoms with E-state index in [-0.39, 0.29) is 0 Å². The normalized spacial score (nSPS) is 27.4. The Balaban J connectivity index is 1.85. The Labute approximate surface area is 101 Å². The van der Waals surface area contributed by atoms with Crippen molar-refractivity contribution in [3.8, 4) is 0 Å². The van der Waals surface area contributed by atoms with Crippen molar-refractivity contribution < 1.29 is 0 Å². The van der Waals surface area contributed by atoms with Gasteiger partial charge in [-0.05, 0) is 38.1 Å². The third-order valence-corrected chi connectivity index (χ3v) is 4.06. The Morgan fingerprint density at radius 2 is 1.88 bits per heavy atom. The summed E-state index contributed by atoms with van der Waals surface area (Å²) in [5.41, 5.74) is 0. The Bertz CT molecular complexity index is 191. The Morgan fingerprint density at radius 1 is 1.12 bits per heavy atom. The van der Waals surface area contributed by atoms with E-state index in [1.807, 2.05) is 0 Å². The smallest absolute Gasteiger partial charge is 0.0195 e. The van der Waals surface area contributed by atoms with Gasteiger partial charge in [-0.25, -0.2) is 0 Å². The molecule has 1 saturated carbocycles. The second-order valence-corrected chi connectivity index (χ2v) is 6.08. The zero-order valence-electron chi connectivity index (χ0n) is 11.0. The Kier molecular flexibility index (Phi) is 4.66. The van der Waals surface area contributed by atoms with Crippen LogP contribution in [0.4, 0.5) is 0 Å². The van der Waals surface area contributed by atoms with Crippen LogP contribution in [0, 0.1) is 5.92 Å². The van der Waals surface area contributed by atoms with Gasteiger partial charge in [0.05, 0.1) is 0 Å². The van der Waals surface area contributed by atoms with Gasteiger partial charge in [0.15, 0.2) is 0 Å². The number of nitrogens with zero attached hydrogens (tertiary/aromatic N) is 1. The molecule has 2 fully saturated rings. The number of hydrogen-bond donors (Lipinski definition) is 1. The third-order valence-electron chi connectivity index (χ3n) is 4.06. The molecule has 0 radical (unpaired) electrons. The van der Waals surface area contributed by atoms with Gasteiger partial charge in [0.25, 0.3) is 0 Å². The van der Waals surface area contributed by atoms with Crippen molar-refractivity contribution in [3.05, 3.63) is 0 Å². The van der Waals surface area contributed by atoms with Gasteiger partial charge in [-0.3, -0.25) is 4.90 Å². The first-order valence-electron chi connectivity index (χ1n) is 7.23. The maximum absolute atomic E-state index is 3.64. The van der Waals surface area contributed by atoms with Crippen LogP contribution in [0.25, 0.3) is 0 Å². The molecule has 1 N–H and O–H groups in total. The second-order valence-electron chi connectivity index (χ2n) is 6.08. The van der Waals surface area contributed by atoms with Crippen LogP contribution in [0.5, 0.6) is 0 Å². The number of rotatable bonds is 5. The summed E-state index contributed by atoms with van der Waals surface area (Å²) < 4.78 is 0. The van der Waals surface area contributed by atoms with E-state index in [0.717, 1.165) is 18.0 Å². The van der Waals surface area contributed by atoms with E-state index in [9.17, 15) is 0 Å². The van der Waals surface area contributed by atoms with Crippen molar-refractivity contribution >= 4 is 0 Å². The summed E-state index contributed by atoms with van der Waals surface area (Å²) in [5, 5.41) is 3.64. The van der Waals surface area contributed by atoms with Gasteiger partial charge in [-0.15, -0.1) is 0 Å². The van der Waals surface area contributed by atoms with Crippen molar-refractivity contribution in [2.24, 2.45) is 5.92 Å². The van der Waals surface area contributed by atoms with E-state index in [4.69, 9.17) is 0 Å². The summed E-state index contributed by atoms with van der Waals surface area (Å²) >= 11 is 0. The topological polar surface area (TPSA) is 15.3 Å². The minimum atomic E-state index is 0.777. The predicted molar refractivity (Wildman–Crippen MR) is 69.7 cm³/mol. The Morgan fingerprint density at radius 3 is 2.44 bits per heavy atom. The van der Waals surface area contributed by atoms with Crippen molar-refractivity contribution in [2.75, 3.05) is 19.6 Å². The molecule has 0 amide bonds. The lowest BCUT2D eigenvalue weighted by atomic mass is 10.1. The zero-order valence-corrected chi connectivity index (χ0v) is 11.0. The Hall–Kier alpha value is -0.0800. The molecule has 1 atom stereocenters. The predicted octanol–water partition coefficient (Wildman–Crippen LogP) is 2.64. The molecule has 2 rings (SSSR count). The van der Waals surface area contributed by atoms with E-state index in [2.05, 4.69) is 24.1 Å². The summed E-state index contributed by atoms with van der Waals surface area (Å²) in [7, 11) is 0. The highest BCUT2D eigenvalue weighted by atomic mass is 15.2. The van der Waals surface area contributed by atoms with Crippen LogP contribution in [-0.2, 0) is 0 Å². The van der Waals surface area contributed by atoms with Crippen molar-refractivity contribution in [3.63, 3.8) is 0 Å². The van der Waals surface area contributed by atoms with Gasteiger partial charge in [-0.2, -0.15) is 0 Å². The lowest BCUT2D eigenvalue weighted by molar-refractivity contribution is 0.162. The average molecular weight is 224 g/mol. The summed E-state index contributed by atoms with van der Waals surface area (Å²) in [5.74, 6) is 0.807. The van der Waals surface area contributed by atoms with Crippen LogP contribution < -0.4 is 5.32 Å². The van der Waals surface area contributed by atoms with E-state index in [0.29, 0.717) is 0 Å². The lowest BCUT2D eigenvalue weighted by Gasteiger charge is -2.32. The largest absolute Gasteiger partial charge is 0.313 e. The highest BCUT2D eigenvalue weighted by Crippen LogP contribution is 2.25. The van der Waals surface area contributed by atoms with E-state index >= 15 is 0 Å². The van der Waals surface area contributed by atoms with Crippen LogP contribution in [0.15, 0.2) is 0 Å². The van der Waals surface area contributed by atoms with E-state index < -0.39 is 0 Å². The minimum Gasteiger partial charge on any atom is -0.313 e. The molecule has 1 heterocycles. The first-order chi connectivity index (χ1) is 7.75. The number of hydrogen-bond acceptors (Lipinski definition) is 2. The minimum absolute atomic E-state index is 0.777. The molecule has 0 spiro atoms. The molecule has 1 aliphatic carbocycles. The molecule has 2 heteroatoms. The highest BCUT2D eigenvalue weighted by molar-refractivity contribution is 4.84. The van der Waals surface area contributed by atoms with Crippen LogP contribution in [0.2, 0.25) is 0 Å². The summed E-state index contributed by atoms with van der Waals surface area (Å²) in [6.07, 6.45) is 8.57. The van der Waals surface area contributed by atoms with E-state index in [1.165, 1.54) is 58.2 Å². The molecule has 1 unspecified atom stereocenters. The first-order valence-corrected chi connectivity index (χ1v) is 7.23. The van der Waals surface area contributed by atoms with Crippen LogP contribution in [-0.4, -0.2) is 36.6 Å². The molecule has 0 aromatic carbocycles. The molecule has 0 bridgehead atoms. The van der Waals surface area contributed by atoms with Crippen LogP contribution >= 0.6 is 0 Å². The van der Waals surface area contributed by atoms with Gasteiger partial charge >= 0.3 is 0 Å². The van der Waals surface area contributed by atoms with Crippen molar-refractivity contribution in [1.82, 2.24) is 10.2 Å². The molecule has 2 nitrogen and oxygen atoms in total. The second kappa shape index (κ2) is 6.02. The monoisotopic (exact) mass is 224 g/mol. The maximum atomic E-state index is 3.64. The molecule has 0 aromatic rings. The SMILES string of the molecule is CC(C)CN(CC1CCCN1)C1CCCC1. The van der Waals surface area contributed by atoms with E-state index in [1.54, 1.807) is 0 Å². The van der Waals surface area contributed by atoms with Gasteiger partial charge in [0.2, 0.25) is 0 Å². The molecular formula is C14H28N2. The zero-order chi connectivity index (χ0) is 11.4. The molecule has 0 aromatic heterocycles. The van der Waals surface area contributed by atoms with Gasteiger partial charge in [0.1, 0.15) is 0 Å². The summed E-state index contributed by atoms with van der Waals surface area (Å²) in [4.78, 5) is 2.78. The molecule has 16 heavy (non-hydrogen) atoms. The van der Waals surface area contributed by atoms with Gasteiger partial charge in [0, 0.05) is 25.2 Å². The van der Waals surface area contributed by atoms with Crippen LogP contribution in [0.3, 0.4) is 0 Å². The third kappa shape index (κ3) is 3.46. The molecule has 1 aliphatic heterocycles. The average Bonchev–Trinajstić information content (AvgIpc) is 2.88. The lowest BCUT2D eigenvalue weighted by Crippen LogP contribution is -2.44. The summed E-state index contributed by atoms with van der Waals surface area (Å²) in [6, 6.07) is 1.67. The molecular weight excluding hydrogens is 196 g/mol. The molecule has 1 saturated heterocycles. The van der Waals surface area contributed by atoms with Gasteiger partial charge in [-0.1, -0.05) is 26.7 Å². The highest BCUT2D eigenvalue weighted by Gasteiger charge is 2.26. The summed E-state index contributed by atoms with van der Waals surface area (Å²) in [6.45, 7) is 8.53.